The first-order chi connectivity index (χ1) is 33.0. The van der Waals surface area contributed by atoms with Crippen LogP contribution in [0.4, 0.5) is 0 Å². The van der Waals surface area contributed by atoms with E-state index in [2.05, 4.69) is 19.2 Å². The molecule has 0 aliphatic rings. The summed E-state index contributed by atoms with van der Waals surface area (Å²) in [6, 6.07) is -0.742. The minimum atomic E-state index is -0.927. The molecule has 5 nitrogen and oxygen atoms in total. The number of hydrogen-bond donors (Lipinski definition) is 4. The van der Waals surface area contributed by atoms with Crippen LogP contribution >= 0.6 is 0 Å². The quantitative estimate of drug-likeness (QED) is 0.0361. The number of unbranched alkanes of at least 4 members (excludes halogenated alkanes) is 49. The molecule has 3 atom stereocenters. The first kappa shape index (κ1) is 66.1. The number of rotatable bonds is 58. The van der Waals surface area contributed by atoms with Crippen LogP contribution in [0.1, 0.15) is 354 Å². The predicted molar refractivity (Wildman–Crippen MR) is 296 cm³/mol. The molecule has 5 heteroatoms. The summed E-state index contributed by atoms with van der Waals surface area (Å²) in [5, 5.41) is 33.6. The monoisotopic (exact) mass is 946 g/mol. The zero-order valence-corrected chi connectivity index (χ0v) is 45.8. The molecule has 0 saturated heterocycles. The predicted octanol–water partition coefficient (Wildman–Crippen LogP) is 19.5. The van der Waals surface area contributed by atoms with E-state index in [9.17, 15) is 20.1 Å². The Morgan fingerprint density at radius 1 is 0.373 bits per heavy atom. The highest BCUT2D eigenvalue weighted by molar-refractivity contribution is 5.76. The third-order valence-corrected chi connectivity index (χ3v) is 14.8. The molecule has 1 amide bonds. The van der Waals surface area contributed by atoms with Crippen molar-refractivity contribution >= 4 is 5.91 Å². The summed E-state index contributed by atoms with van der Waals surface area (Å²) in [5.74, 6) is -0.307. The standard InChI is InChI=1S/C62H123NO4/c1-3-5-7-9-11-13-15-17-19-21-23-25-27-29-30-31-32-33-35-37-39-41-43-45-47-49-51-53-55-59(65)57-62(67)63-60(58-64)61(66)56-54-52-50-48-46-44-42-40-38-36-34-28-26-24-22-20-18-16-14-12-10-8-6-4-2/h54,56,59-61,64-66H,3-53,55,57-58H2,1-2H3,(H,63,67)/b56-54+. The number of allylic oxidation sites excluding steroid dienone is 1. The Morgan fingerprint density at radius 2 is 0.612 bits per heavy atom. The van der Waals surface area contributed by atoms with Crippen molar-refractivity contribution in [2.75, 3.05) is 6.61 Å². The maximum atomic E-state index is 12.6. The van der Waals surface area contributed by atoms with E-state index in [1.165, 1.54) is 302 Å². The van der Waals surface area contributed by atoms with E-state index in [4.69, 9.17) is 0 Å². The minimum Gasteiger partial charge on any atom is -0.394 e. The molecule has 0 rings (SSSR count). The fourth-order valence-corrected chi connectivity index (χ4v) is 10.1. The molecule has 3 unspecified atom stereocenters. The van der Waals surface area contributed by atoms with Crippen LogP contribution in [0.2, 0.25) is 0 Å². The summed E-state index contributed by atoms with van der Waals surface area (Å²) in [6.07, 6.45) is 72.8. The van der Waals surface area contributed by atoms with E-state index in [0.717, 1.165) is 25.7 Å². The maximum absolute atomic E-state index is 12.6. The average Bonchev–Trinajstić information content (AvgIpc) is 3.32. The Labute approximate surface area is 420 Å². The molecule has 4 N–H and O–H groups in total. The van der Waals surface area contributed by atoms with Gasteiger partial charge in [-0.3, -0.25) is 4.79 Å². The van der Waals surface area contributed by atoms with Crippen molar-refractivity contribution < 1.29 is 20.1 Å². The van der Waals surface area contributed by atoms with Crippen molar-refractivity contribution in [3.05, 3.63) is 12.2 Å². The minimum absolute atomic E-state index is 0.0198. The molecule has 0 aromatic heterocycles. The highest BCUT2D eigenvalue weighted by Crippen LogP contribution is 2.19. The number of nitrogens with one attached hydrogen (secondary N) is 1. The van der Waals surface area contributed by atoms with Crippen LogP contribution < -0.4 is 5.32 Å². The van der Waals surface area contributed by atoms with Gasteiger partial charge in [0.05, 0.1) is 31.3 Å². The lowest BCUT2D eigenvalue weighted by Gasteiger charge is -2.21. The summed E-state index contributed by atoms with van der Waals surface area (Å²) in [7, 11) is 0. The lowest BCUT2D eigenvalue weighted by atomic mass is 10.0. The number of amides is 1. The van der Waals surface area contributed by atoms with Crippen LogP contribution in [0, 0.1) is 0 Å². The van der Waals surface area contributed by atoms with Crippen molar-refractivity contribution in [2.45, 2.75) is 372 Å². The van der Waals surface area contributed by atoms with E-state index in [0.29, 0.717) is 6.42 Å². The van der Waals surface area contributed by atoms with Crippen molar-refractivity contribution in [2.24, 2.45) is 0 Å². The van der Waals surface area contributed by atoms with Crippen LogP contribution in [0.25, 0.3) is 0 Å². The van der Waals surface area contributed by atoms with Crippen LogP contribution in [0.15, 0.2) is 12.2 Å². The van der Waals surface area contributed by atoms with E-state index in [1.54, 1.807) is 6.08 Å². The van der Waals surface area contributed by atoms with Crippen LogP contribution in [-0.2, 0) is 4.79 Å². The molecule has 0 aliphatic carbocycles. The van der Waals surface area contributed by atoms with E-state index in [-0.39, 0.29) is 18.9 Å². The zero-order chi connectivity index (χ0) is 48.6. The topological polar surface area (TPSA) is 89.8 Å². The maximum Gasteiger partial charge on any atom is 0.222 e. The molecule has 0 heterocycles. The fourth-order valence-electron chi connectivity index (χ4n) is 10.1. The van der Waals surface area contributed by atoms with Crippen molar-refractivity contribution in [1.82, 2.24) is 5.32 Å². The molecular weight excluding hydrogens is 823 g/mol. The van der Waals surface area contributed by atoms with Crippen molar-refractivity contribution in [3.8, 4) is 0 Å². The largest absolute Gasteiger partial charge is 0.394 e. The molecule has 0 radical (unpaired) electrons. The Bertz CT molecular complexity index is 956. The molecule has 67 heavy (non-hydrogen) atoms. The first-order valence-electron chi connectivity index (χ1n) is 31.0. The molecule has 0 saturated carbocycles. The Kier molecular flexibility index (Phi) is 56.9. The van der Waals surface area contributed by atoms with Crippen molar-refractivity contribution in [3.63, 3.8) is 0 Å². The van der Waals surface area contributed by atoms with Crippen LogP contribution in [-0.4, -0.2) is 46.1 Å². The third kappa shape index (κ3) is 54.3. The van der Waals surface area contributed by atoms with Gasteiger partial charge in [0.2, 0.25) is 5.91 Å². The first-order valence-corrected chi connectivity index (χ1v) is 31.0. The molecular formula is C62H123NO4. The van der Waals surface area contributed by atoms with Gasteiger partial charge in [-0.2, -0.15) is 0 Å². The summed E-state index contributed by atoms with van der Waals surface area (Å²) in [4.78, 5) is 12.6. The molecule has 0 fully saturated rings. The number of carbonyl (C=O) groups excluding carboxylic acids is 1. The summed E-state index contributed by atoms with van der Waals surface area (Å²) in [6.45, 7) is 4.27. The fraction of sp³-hybridized carbons (Fsp3) is 0.952. The number of carbonyl (C=O) groups is 1. The lowest BCUT2D eigenvalue weighted by Crippen LogP contribution is -2.45. The van der Waals surface area contributed by atoms with Gasteiger partial charge < -0.3 is 20.6 Å². The second kappa shape index (κ2) is 57.7. The number of aliphatic hydroxyl groups excluding tert-OH is 3. The van der Waals surface area contributed by atoms with Crippen molar-refractivity contribution in [1.29, 1.82) is 0 Å². The van der Waals surface area contributed by atoms with Gasteiger partial charge in [-0.1, -0.05) is 341 Å². The third-order valence-electron chi connectivity index (χ3n) is 14.8. The smallest absolute Gasteiger partial charge is 0.222 e. The van der Waals surface area contributed by atoms with Gasteiger partial charge in [0, 0.05) is 0 Å². The summed E-state index contributed by atoms with van der Waals surface area (Å²) >= 11 is 0. The van der Waals surface area contributed by atoms with Gasteiger partial charge in [0.15, 0.2) is 0 Å². The van der Waals surface area contributed by atoms with Gasteiger partial charge in [-0.05, 0) is 19.3 Å². The summed E-state index contributed by atoms with van der Waals surface area (Å²) in [5.41, 5.74) is 0. The molecule has 0 bridgehead atoms. The van der Waals surface area contributed by atoms with Gasteiger partial charge in [-0.25, -0.2) is 0 Å². The Balaban J connectivity index is 3.50. The molecule has 0 aliphatic heterocycles. The van der Waals surface area contributed by atoms with E-state index >= 15 is 0 Å². The normalized spacial score (nSPS) is 13.2. The molecule has 400 valence electrons. The Hall–Kier alpha value is -0.910. The van der Waals surface area contributed by atoms with Gasteiger partial charge in [0.25, 0.3) is 0 Å². The Morgan fingerprint density at radius 3 is 0.866 bits per heavy atom. The van der Waals surface area contributed by atoms with E-state index < -0.39 is 18.2 Å². The van der Waals surface area contributed by atoms with Gasteiger partial charge in [0.1, 0.15) is 0 Å². The van der Waals surface area contributed by atoms with Gasteiger partial charge in [-0.15, -0.1) is 0 Å². The van der Waals surface area contributed by atoms with Crippen LogP contribution in [0.3, 0.4) is 0 Å². The summed E-state index contributed by atoms with van der Waals surface area (Å²) < 4.78 is 0. The second-order valence-corrected chi connectivity index (χ2v) is 21.7. The lowest BCUT2D eigenvalue weighted by molar-refractivity contribution is -0.124. The second-order valence-electron chi connectivity index (χ2n) is 21.7. The van der Waals surface area contributed by atoms with E-state index in [1.807, 2.05) is 6.08 Å². The number of hydrogen-bond acceptors (Lipinski definition) is 4. The zero-order valence-electron chi connectivity index (χ0n) is 45.8. The highest BCUT2D eigenvalue weighted by atomic mass is 16.3. The highest BCUT2D eigenvalue weighted by Gasteiger charge is 2.20. The molecule has 0 aromatic carbocycles. The van der Waals surface area contributed by atoms with Crippen LogP contribution in [0.5, 0.6) is 0 Å². The average molecular weight is 947 g/mol. The SMILES string of the molecule is CCCCCCCCCCCCCCCCCCCCCCCC/C=C/C(O)C(CO)NC(=O)CC(O)CCCCCCCCCCCCCCCCCCCCCCCCCCCCCC. The van der Waals surface area contributed by atoms with Gasteiger partial charge >= 0.3 is 0 Å². The number of aliphatic hydroxyl groups is 3. The molecule has 0 spiro atoms. The molecule has 0 aromatic rings.